The molecule has 7 nitrogen and oxygen atoms in total. The van der Waals surface area contributed by atoms with E-state index in [0.29, 0.717) is 5.82 Å². The number of methoxy groups -OCH3 is 1. The van der Waals surface area contributed by atoms with Crippen molar-refractivity contribution in [3.8, 4) is 17.1 Å². The zero-order chi connectivity index (χ0) is 15.6. The van der Waals surface area contributed by atoms with Gasteiger partial charge in [-0.2, -0.15) is 0 Å². The van der Waals surface area contributed by atoms with Crippen LogP contribution in [0.3, 0.4) is 0 Å². The molecule has 0 saturated carbocycles. The normalized spacial score (nSPS) is 13.7. The van der Waals surface area contributed by atoms with E-state index in [9.17, 15) is 4.79 Å². The Balaban J connectivity index is 2.43. The first-order chi connectivity index (χ1) is 9.95. The van der Waals surface area contributed by atoms with Crippen LogP contribution in [-0.2, 0) is 4.79 Å². The Labute approximate surface area is 122 Å². The summed E-state index contributed by atoms with van der Waals surface area (Å²) in [6, 6.07) is 5.28. The molecule has 2 unspecified atom stereocenters. The van der Waals surface area contributed by atoms with E-state index in [0.717, 1.165) is 16.9 Å². The number of aliphatic carboxylic acids is 1. The van der Waals surface area contributed by atoms with Crippen LogP contribution in [0.2, 0.25) is 0 Å². The average molecular weight is 290 g/mol. The molecule has 0 spiro atoms. The van der Waals surface area contributed by atoms with Crippen molar-refractivity contribution in [3.05, 3.63) is 23.8 Å². The Bertz CT molecular complexity index is 653. The van der Waals surface area contributed by atoms with Crippen LogP contribution >= 0.6 is 0 Å². The van der Waals surface area contributed by atoms with Crippen LogP contribution in [0.15, 0.2) is 18.2 Å². The summed E-state index contributed by atoms with van der Waals surface area (Å²) in [6.45, 7) is 5.36. The van der Waals surface area contributed by atoms with Crippen LogP contribution in [0.5, 0.6) is 5.75 Å². The van der Waals surface area contributed by atoms with E-state index in [4.69, 9.17) is 9.84 Å². The number of nitrogens with zero attached hydrogens (tertiary/aromatic N) is 4. The number of carboxylic acid groups (broad SMARTS) is 1. The molecular formula is C14H18N4O3. The van der Waals surface area contributed by atoms with Gasteiger partial charge < -0.3 is 9.84 Å². The standard InChI is InChI=1S/C14H18N4O3/c1-8-5-6-11(7-12(8)21-4)13-15-16-17-18(13)10(3)9(2)14(19)20/h5-7,9-10H,1-4H3,(H,19,20). The van der Waals surface area contributed by atoms with Crippen molar-refractivity contribution in [2.75, 3.05) is 7.11 Å². The van der Waals surface area contributed by atoms with E-state index in [1.807, 2.05) is 25.1 Å². The van der Waals surface area contributed by atoms with Crippen molar-refractivity contribution >= 4 is 5.97 Å². The number of aromatic nitrogens is 4. The van der Waals surface area contributed by atoms with Gasteiger partial charge in [0, 0.05) is 5.56 Å². The first kappa shape index (κ1) is 15.0. The minimum absolute atomic E-state index is 0.361. The zero-order valence-corrected chi connectivity index (χ0v) is 12.4. The van der Waals surface area contributed by atoms with Gasteiger partial charge in [0.2, 0.25) is 0 Å². The number of carboxylic acids is 1. The van der Waals surface area contributed by atoms with Gasteiger partial charge in [0.25, 0.3) is 0 Å². The lowest BCUT2D eigenvalue weighted by atomic mass is 10.0. The summed E-state index contributed by atoms with van der Waals surface area (Å²) in [5.74, 6) is -0.222. The van der Waals surface area contributed by atoms with E-state index in [1.165, 1.54) is 4.68 Å². The van der Waals surface area contributed by atoms with E-state index in [-0.39, 0.29) is 6.04 Å². The predicted molar refractivity (Wildman–Crippen MR) is 76.1 cm³/mol. The summed E-state index contributed by atoms with van der Waals surface area (Å²) in [4.78, 5) is 11.1. The summed E-state index contributed by atoms with van der Waals surface area (Å²) < 4.78 is 6.83. The van der Waals surface area contributed by atoms with Gasteiger partial charge in [0.1, 0.15) is 5.75 Å². The third kappa shape index (κ3) is 2.86. The fourth-order valence-corrected chi connectivity index (χ4v) is 2.04. The summed E-state index contributed by atoms with van der Waals surface area (Å²) in [7, 11) is 1.60. The van der Waals surface area contributed by atoms with Crippen LogP contribution in [0.1, 0.15) is 25.5 Å². The van der Waals surface area contributed by atoms with Gasteiger partial charge in [-0.05, 0) is 42.8 Å². The Morgan fingerprint density at radius 2 is 2.10 bits per heavy atom. The minimum Gasteiger partial charge on any atom is -0.496 e. The Morgan fingerprint density at radius 1 is 1.38 bits per heavy atom. The maximum absolute atomic E-state index is 11.1. The van der Waals surface area contributed by atoms with Crippen molar-refractivity contribution < 1.29 is 14.6 Å². The van der Waals surface area contributed by atoms with Crippen molar-refractivity contribution in [2.45, 2.75) is 26.8 Å². The summed E-state index contributed by atoms with van der Waals surface area (Å²) in [5.41, 5.74) is 1.79. The van der Waals surface area contributed by atoms with Crippen LogP contribution in [0.25, 0.3) is 11.4 Å². The van der Waals surface area contributed by atoms with Crippen molar-refractivity contribution in [3.63, 3.8) is 0 Å². The second-order valence-corrected chi connectivity index (χ2v) is 5.00. The van der Waals surface area contributed by atoms with Gasteiger partial charge >= 0.3 is 5.97 Å². The molecule has 0 amide bonds. The van der Waals surface area contributed by atoms with Crippen LogP contribution in [-0.4, -0.2) is 38.4 Å². The van der Waals surface area contributed by atoms with Crippen molar-refractivity contribution in [1.82, 2.24) is 20.2 Å². The first-order valence-electron chi connectivity index (χ1n) is 6.61. The van der Waals surface area contributed by atoms with Crippen LogP contribution in [0.4, 0.5) is 0 Å². The van der Waals surface area contributed by atoms with Crippen LogP contribution in [0, 0.1) is 12.8 Å². The highest BCUT2D eigenvalue weighted by molar-refractivity contribution is 5.70. The molecule has 0 aliphatic rings. The lowest BCUT2D eigenvalue weighted by Crippen LogP contribution is -2.23. The maximum Gasteiger partial charge on any atom is 0.308 e. The molecule has 0 radical (unpaired) electrons. The SMILES string of the molecule is COc1cc(-c2nnnn2C(C)C(C)C(=O)O)ccc1C. The molecule has 112 valence electrons. The molecule has 0 fully saturated rings. The monoisotopic (exact) mass is 290 g/mol. The smallest absolute Gasteiger partial charge is 0.308 e. The van der Waals surface area contributed by atoms with E-state index in [1.54, 1.807) is 21.0 Å². The van der Waals surface area contributed by atoms with E-state index in [2.05, 4.69) is 15.5 Å². The van der Waals surface area contributed by atoms with Gasteiger partial charge in [-0.1, -0.05) is 12.1 Å². The lowest BCUT2D eigenvalue weighted by molar-refractivity contribution is -0.142. The molecule has 1 heterocycles. The predicted octanol–water partition coefficient (Wildman–Crippen LogP) is 1.94. The topological polar surface area (TPSA) is 90.1 Å². The third-order valence-electron chi connectivity index (χ3n) is 3.66. The summed E-state index contributed by atoms with van der Waals surface area (Å²) in [5, 5.41) is 20.7. The molecule has 0 aliphatic carbocycles. The highest BCUT2D eigenvalue weighted by Crippen LogP contribution is 2.28. The number of tetrazole rings is 1. The number of rotatable bonds is 5. The lowest BCUT2D eigenvalue weighted by Gasteiger charge is -2.17. The molecule has 2 rings (SSSR count). The second-order valence-electron chi connectivity index (χ2n) is 5.00. The highest BCUT2D eigenvalue weighted by atomic mass is 16.5. The fourth-order valence-electron chi connectivity index (χ4n) is 2.04. The van der Waals surface area contributed by atoms with Gasteiger partial charge in [-0.25, -0.2) is 4.68 Å². The van der Waals surface area contributed by atoms with Gasteiger partial charge in [-0.3, -0.25) is 4.79 Å². The molecule has 0 saturated heterocycles. The number of carbonyl (C=O) groups is 1. The van der Waals surface area contributed by atoms with E-state index < -0.39 is 11.9 Å². The second kappa shape index (κ2) is 5.90. The Morgan fingerprint density at radius 3 is 2.71 bits per heavy atom. The molecule has 21 heavy (non-hydrogen) atoms. The molecule has 1 aromatic carbocycles. The minimum atomic E-state index is -0.884. The molecule has 7 heteroatoms. The highest BCUT2D eigenvalue weighted by Gasteiger charge is 2.25. The number of hydrogen-bond donors (Lipinski definition) is 1. The van der Waals surface area contributed by atoms with Gasteiger partial charge in [0.05, 0.1) is 19.1 Å². The van der Waals surface area contributed by atoms with Crippen molar-refractivity contribution in [1.29, 1.82) is 0 Å². The Hall–Kier alpha value is -2.44. The fraction of sp³-hybridized carbons (Fsp3) is 0.429. The molecule has 2 aromatic rings. The molecule has 0 aliphatic heterocycles. The molecule has 0 bridgehead atoms. The zero-order valence-electron chi connectivity index (χ0n) is 12.4. The number of aryl methyl sites for hydroxylation is 1. The molecule has 2 atom stereocenters. The number of ether oxygens (including phenoxy) is 1. The number of hydrogen-bond acceptors (Lipinski definition) is 5. The quantitative estimate of drug-likeness (QED) is 0.905. The van der Waals surface area contributed by atoms with Crippen LogP contribution < -0.4 is 4.74 Å². The first-order valence-corrected chi connectivity index (χ1v) is 6.61. The van der Waals surface area contributed by atoms with Gasteiger partial charge in [-0.15, -0.1) is 5.10 Å². The summed E-state index contributed by atoms with van der Waals surface area (Å²) >= 11 is 0. The molecule has 1 aromatic heterocycles. The van der Waals surface area contributed by atoms with Gasteiger partial charge in [0.15, 0.2) is 5.82 Å². The number of benzene rings is 1. The third-order valence-corrected chi connectivity index (χ3v) is 3.66. The average Bonchev–Trinajstić information content (AvgIpc) is 2.95. The largest absolute Gasteiger partial charge is 0.496 e. The van der Waals surface area contributed by atoms with Crippen molar-refractivity contribution in [2.24, 2.45) is 5.92 Å². The maximum atomic E-state index is 11.1. The summed E-state index contributed by atoms with van der Waals surface area (Å²) in [6.07, 6.45) is 0. The molecular weight excluding hydrogens is 272 g/mol. The van der Waals surface area contributed by atoms with E-state index >= 15 is 0 Å². The Kier molecular flexibility index (Phi) is 4.21. The molecule has 1 N–H and O–H groups in total.